The van der Waals surface area contributed by atoms with Crippen LogP contribution in [0.5, 0.6) is 0 Å². The van der Waals surface area contributed by atoms with Gasteiger partial charge in [-0.3, -0.25) is 9.80 Å². The predicted octanol–water partition coefficient (Wildman–Crippen LogP) is 5.77. The van der Waals surface area contributed by atoms with Crippen molar-refractivity contribution in [1.82, 2.24) is 9.80 Å². The summed E-state index contributed by atoms with van der Waals surface area (Å²) in [6.07, 6.45) is 4.23. The lowest BCUT2D eigenvalue weighted by atomic mass is 9.91. The van der Waals surface area contributed by atoms with E-state index in [4.69, 9.17) is 23.2 Å². The molecule has 184 valence electrons. The molecule has 1 N–H and O–H groups in total. The molecule has 1 fully saturated rings. The Morgan fingerprint density at radius 2 is 1.63 bits per heavy atom. The Morgan fingerprint density at radius 3 is 2.14 bits per heavy atom. The number of likely N-dealkylation sites (tertiary alicyclic amines) is 1. The molecule has 2 aromatic rings. The van der Waals surface area contributed by atoms with Crippen LogP contribution in [0, 0.1) is 5.92 Å². The Labute approximate surface area is 215 Å². The highest BCUT2D eigenvalue weighted by Crippen LogP contribution is 2.36. The first-order valence-corrected chi connectivity index (χ1v) is 13.6. The third-order valence-corrected chi connectivity index (χ3v) is 8.32. The van der Waals surface area contributed by atoms with Gasteiger partial charge in [0.25, 0.3) is 0 Å². The van der Waals surface area contributed by atoms with Gasteiger partial charge in [-0.15, -0.1) is 0 Å². The van der Waals surface area contributed by atoms with Crippen molar-refractivity contribution in [2.75, 3.05) is 25.9 Å². The Balaban J connectivity index is 1.44. The van der Waals surface area contributed by atoms with Gasteiger partial charge >= 0.3 is 6.09 Å². The van der Waals surface area contributed by atoms with E-state index in [9.17, 15) is 18.3 Å². The van der Waals surface area contributed by atoms with Crippen LogP contribution in [0.25, 0.3) is 0 Å². The minimum atomic E-state index is -3.47. The summed E-state index contributed by atoms with van der Waals surface area (Å²) in [6, 6.07) is 15.4. The minimum absolute atomic E-state index is 0.00299. The number of benzene rings is 2. The van der Waals surface area contributed by atoms with Crippen LogP contribution < -0.4 is 0 Å². The van der Waals surface area contributed by atoms with Crippen LogP contribution in [0.4, 0.5) is 4.79 Å². The van der Waals surface area contributed by atoms with Crippen molar-refractivity contribution in [2.45, 2.75) is 12.5 Å². The molecule has 0 spiro atoms. The number of hydrogen-bond donors (Lipinski definition) is 1. The SMILES string of the molecule is CN(C(=O)O)C1=CC=CC(=CS(=O)(=O)CC2CN(C(c3ccc(Cl)cc3)c3ccc(Cl)cc3)C2)C1. The highest BCUT2D eigenvalue weighted by Gasteiger charge is 2.36. The van der Waals surface area contributed by atoms with Crippen molar-refractivity contribution >= 4 is 39.1 Å². The van der Waals surface area contributed by atoms with Crippen LogP contribution in [-0.2, 0) is 9.84 Å². The molecule has 2 aliphatic rings. The molecule has 1 heterocycles. The van der Waals surface area contributed by atoms with Gasteiger partial charge in [-0.05, 0) is 53.0 Å². The minimum Gasteiger partial charge on any atom is -0.465 e. The summed E-state index contributed by atoms with van der Waals surface area (Å²) in [4.78, 5) is 14.6. The first-order valence-electron chi connectivity index (χ1n) is 11.1. The molecular formula is C26H26Cl2N2O4S. The summed E-state index contributed by atoms with van der Waals surface area (Å²) in [5.41, 5.74) is 3.26. The fraction of sp³-hybridized carbons (Fsp3) is 0.269. The van der Waals surface area contributed by atoms with E-state index >= 15 is 0 Å². The standard InChI is InChI=1S/C26H26Cl2N2O4S/c1-29(26(31)32)24-4-2-3-18(13-24)16-35(33,34)17-19-14-30(15-19)25(20-5-9-22(27)10-6-20)21-7-11-23(28)12-8-21/h2-12,16,19,25H,13-15,17H2,1H3,(H,31,32). The Bertz CT molecular complexity index is 1230. The van der Waals surface area contributed by atoms with Gasteiger partial charge in [0.1, 0.15) is 0 Å². The highest BCUT2D eigenvalue weighted by molar-refractivity contribution is 7.94. The van der Waals surface area contributed by atoms with E-state index in [0.29, 0.717) is 34.4 Å². The molecule has 2 aromatic carbocycles. The lowest BCUT2D eigenvalue weighted by Crippen LogP contribution is -2.51. The largest absolute Gasteiger partial charge is 0.465 e. The van der Waals surface area contributed by atoms with Crippen molar-refractivity contribution in [3.8, 4) is 0 Å². The Kier molecular flexibility index (Phi) is 7.71. The lowest BCUT2D eigenvalue weighted by molar-refractivity contribution is 0.0813. The molecule has 0 bridgehead atoms. The van der Waals surface area contributed by atoms with Crippen molar-refractivity contribution in [3.05, 3.63) is 105 Å². The van der Waals surface area contributed by atoms with E-state index in [1.54, 1.807) is 18.2 Å². The quantitative estimate of drug-likeness (QED) is 0.489. The van der Waals surface area contributed by atoms with Crippen molar-refractivity contribution in [2.24, 2.45) is 5.92 Å². The number of allylic oxidation sites excluding steroid dienone is 4. The van der Waals surface area contributed by atoms with Gasteiger partial charge in [0.15, 0.2) is 9.84 Å². The molecule has 1 aliphatic heterocycles. The van der Waals surface area contributed by atoms with Gasteiger partial charge in [0, 0.05) is 47.7 Å². The van der Waals surface area contributed by atoms with E-state index in [2.05, 4.69) is 4.90 Å². The maximum atomic E-state index is 12.9. The Hall–Kier alpha value is -2.58. The summed E-state index contributed by atoms with van der Waals surface area (Å²) >= 11 is 12.2. The van der Waals surface area contributed by atoms with E-state index in [1.165, 1.54) is 12.5 Å². The fourth-order valence-corrected chi connectivity index (χ4v) is 6.32. The molecule has 1 saturated heterocycles. The second kappa shape index (κ2) is 10.6. The molecule has 0 atom stereocenters. The van der Waals surface area contributed by atoms with Gasteiger partial charge in [-0.2, -0.15) is 0 Å². The number of halogens is 2. The molecular weight excluding hydrogens is 507 g/mol. The molecule has 4 rings (SSSR count). The molecule has 6 nitrogen and oxygen atoms in total. The number of hydrogen-bond acceptors (Lipinski definition) is 4. The Morgan fingerprint density at radius 1 is 1.09 bits per heavy atom. The van der Waals surface area contributed by atoms with Crippen molar-refractivity contribution < 1.29 is 18.3 Å². The van der Waals surface area contributed by atoms with E-state index in [0.717, 1.165) is 16.0 Å². The lowest BCUT2D eigenvalue weighted by Gasteiger charge is -2.44. The van der Waals surface area contributed by atoms with Crippen LogP contribution in [0.1, 0.15) is 23.6 Å². The number of carbonyl (C=O) groups is 1. The average molecular weight is 533 g/mol. The van der Waals surface area contributed by atoms with Gasteiger partial charge in [0.05, 0.1) is 11.8 Å². The van der Waals surface area contributed by atoms with Gasteiger partial charge in [0.2, 0.25) is 0 Å². The summed E-state index contributed by atoms with van der Waals surface area (Å²) in [5, 5.41) is 11.8. The first-order chi connectivity index (χ1) is 16.6. The molecule has 0 unspecified atom stereocenters. The highest BCUT2D eigenvalue weighted by atomic mass is 35.5. The first kappa shape index (κ1) is 25.5. The number of carboxylic acid groups (broad SMARTS) is 1. The summed E-state index contributed by atoms with van der Waals surface area (Å²) in [5.74, 6) is 0.0472. The fourth-order valence-electron chi connectivity index (χ4n) is 4.48. The molecule has 0 saturated carbocycles. The molecule has 0 aromatic heterocycles. The molecule has 35 heavy (non-hydrogen) atoms. The predicted molar refractivity (Wildman–Crippen MR) is 139 cm³/mol. The normalized spacial score (nSPS) is 17.9. The number of rotatable bonds is 7. The average Bonchev–Trinajstić information content (AvgIpc) is 2.79. The zero-order valence-electron chi connectivity index (χ0n) is 19.1. The number of nitrogens with zero attached hydrogens (tertiary/aromatic N) is 2. The van der Waals surface area contributed by atoms with Crippen LogP contribution in [0.15, 0.2) is 83.4 Å². The zero-order valence-corrected chi connectivity index (χ0v) is 21.5. The van der Waals surface area contributed by atoms with Crippen LogP contribution in [0.3, 0.4) is 0 Å². The third-order valence-electron chi connectivity index (χ3n) is 6.22. The second-order valence-corrected chi connectivity index (χ2v) is 11.7. The van der Waals surface area contributed by atoms with Crippen LogP contribution in [0.2, 0.25) is 10.0 Å². The zero-order chi connectivity index (χ0) is 25.2. The smallest absolute Gasteiger partial charge is 0.411 e. The third kappa shape index (κ3) is 6.35. The number of sulfone groups is 1. The molecule has 0 radical (unpaired) electrons. The monoisotopic (exact) mass is 532 g/mol. The van der Waals surface area contributed by atoms with E-state index < -0.39 is 15.9 Å². The van der Waals surface area contributed by atoms with E-state index in [1.807, 2.05) is 48.5 Å². The molecule has 1 aliphatic carbocycles. The molecule has 9 heteroatoms. The van der Waals surface area contributed by atoms with E-state index in [-0.39, 0.29) is 24.1 Å². The molecule has 1 amide bonds. The maximum Gasteiger partial charge on any atom is 0.411 e. The van der Waals surface area contributed by atoms with Crippen LogP contribution in [-0.4, -0.2) is 55.3 Å². The second-order valence-electron chi connectivity index (χ2n) is 8.88. The summed E-state index contributed by atoms with van der Waals surface area (Å²) in [7, 11) is -2.02. The van der Waals surface area contributed by atoms with Gasteiger partial charge in [-0.1, -0.05) is 59.6 Å². The van der Waals surface area contributed by atoms with Gasteiger partial charge < -0.3 is 5.11 Å². The van der Waals surface area contributed by atoms with Crippen molar-refractivity contribution in [1.29, 1.82) is 0 Å². The topological polar surface area (TPSA) is 77.9 Å². The maximum absolute atomic E-state index is 12.9. The van der Waals surface area contributed by atoms with Crippen molar-refractivity contribution in [3.63, 3.8) is 0 Å². The summed E-state index contributed by atoms with van der Waals surface area (Å²) < 4.78 is 25.8. The summed E-state index contributed by atoms with van der Waals surface area (Å²) in [6.45, 7) is 1.28. The number of amides is 1. The van der Waals surface area contributed by atoms with Crippen LogP contribution >= 0.6 is 23.2 Å². The van der Waals surface area contributed by atoms with Gasteiger partial charge in [-0.25, -0.2) is 13.2 Å².